The molecule has 2 aliphatic carbocycles. The molecule has 2 bridgehead atoms. The Hall–Kier alpha value is -0.820. The van der Waals surface area contributed by atoms with Gasteiger partial charge in [-0.05, 0) is 49.7 Å². The summed E-state index contributed by atoms with van der Waals surface area (Å²) in [4.78, 5) is 17.0. The highest BCUT2D eigenvalue weighted by Crippen LogP contribution is 2.39. The molecule has 3 N–H and O–H groups in total. The van der Waals surface area contributed by atoms with Gasteiger partial charge in [-0.25, -0.2) is 4.98 Å². The average molecular weight is 398 g/mol. The monoisotopic (exact) mass is 397 g/mol. The largest absolute Gasteiger partial charge is 0.352 e. The number of hydrogen-bond donors (Lipinski definition) is 2. The number of halogens is 1. The Balaban J connectivity index is 0.00000182. The molecular formula is C18H24ClN3OS2. The molecule has 25 heavy (non-hydrogen) atoms. The molecule has 136 valence electrons. The van der Waals surface area contributed by atoms with Crippen LogP contribution in [0.25, 0.3) is 10.2 Å². The lowest BCUT2D eigenvalue weighted by Crippen LogP contribution is -2.54. The summed E-state index contributed by atoms with van der Waals surface area (Å²) in [6, 6.07) is 8.77. The summed E-state index contributed by atoms with van der Waals surface area (Å²) in [7, 11) is 0. The molecule has 4 nitrogen and oxygen atoms in total. The number of aromatic nitrogens is 1. The van der Waals surface area contributed by atoms with Crippen molar-refractivity contribution in [3.8, 4) is 0 Å². The van der Waals surface area contributed by atoms with E-state index in [1.54, 1.807) is 23.1 Å². The van der Waals surface area contributed by atoms with E-state index in [9.17, 15) is 4.79 Å². The quantitative estimate of drug-likeness (QED) is 0.769. The molecule has 0 saturated heterocycles. The number of benzene rings is 1. The number of carbonyl (C=O) groups is 1. The minimum absolute atomic E-state index is 0. The number of para-hydroxylation sites is 1. The molecule has 4 rings (SSSR count). The van der Waals surface area contributed by atoms with Crippen molar-refractivity contribution in [3.63, 3.8) is 0 Å². The number of hydrogen-bond acceptors (Lipinski definition) is 5. The van der Waals surface area contributed by atoms with Crippen molar-refractivity contribution in [2.75, 3.05) is 5.75 Å². The summed E-state index contributed by atoms with van der Waals surface area (Å²) in [5, 5.41) is 3.31. The summed E-state index contributed by atoms with van der Waals surface area (Å²) < 4.78 is 2.15. The van der Waals surface area contributed by atoms with Gasteiger partial charge in [0.15, 0.2) is 4.34 Å². The van der Waals surface area contributed by atoms with Crippen molar-refractivity contribution in [2.45, 2.75) is 48.5 Å². The van der Waals surface area contributed by atoms with Gasteiger partial charge in [-0.2, -0.15) is 0 Å². The Kier molecular flexibility index (Phi) is 6.25. The predicted octanol–water partition coefficient (Wildman–Crippen LogP) is 3.83. The number of nitrogens with two attached hydrogens (primary N) is 1. The van der Waals surface area contributed by atoms with Crippen LogP contribution in [0.4, 0.5) is 0 Å². The van der Waals surface area contributed by atoms with E-state index in [1.165, 1.54) is 24.0 Å². The second-order valence-electron chi connectivity index (χ2n) is 7.01. The molecule has 1 aromatic carbocycles. The molecule has 1 amide bonds. The topological polar surface area (TPSA) is 68.0 Å². The van der Waals surface area contributed by atoms with Crippen molar-refractivity contribution in [1.82, 2.24) is 10.3 Å². The molecule has 1 aromatic heterocycles. The number of thiazole rings is 1. The molecule has 2 aliphatic rings. The van der Waals surface area contributed by atoms with Crippen molar-refractivity contribution in [3.05, 3.63) is 24.3 Å². The van der Waals surface area contributed by atoms with E-state index in [2.05, 4.69) is 16.4 Å². The van der Waals surface area contributed by atoms with E-state index < -0.39 is 0 Å². The first kappa shape index (κ1) is 19.0. The van der Waals surface area contributed by atoms with Gasteiger partial charge in [0.25, 0.3) is 0 Å². The number of nitrogens with one attached hydrogen (secondary N) is 1. The van der Waals surface area contributed by atoms with Crippen LogP contribution in [0, 0.1) is 11.8 Å². The Morgan fingerprint density at radius 1 is 1.28 bits per heavy atom. The zero-order valence-corrected chi connectivity index (χ0v) is 16.5. The van der Waals surface area contributed by atoms with Crippen molar-refractivity contribution >= 4 is 51.6 Å². The molecule has 0 aliphatic heterocycles. The van der Waals surface area contributed by atoms with E-state index >= 15 is 0 Å². The third kappa shape index (κ3) is 4.30. The van der Waals surface area contributed by atoms with Crippen LogP contribution >= 0.6 is 35.5 Å². The highest BCUT2D eigenvalue weighted by Gasteiger charge is 2.39. The SMILES string of the molecule is Cl.NC1CC2CCCC(C1)C2NC(=O)CSc1nc2ccccc2s1. The molecule has 2 unspecified atom stereocenters. The first-order chi connectivity index (χ1) is 11.7. The number of rotatable bonds is 4. The highest BCUT2D eigenvalue weighted by atomic mass is 35.5. The highest BCUT2D eigenvalue weighted by molar-refractivity contribution is 8.01. The molecule has 0 radical (unpaired) electrons. The Morgan fingerprint density at radius 3 is 2.72 bits per heavy atom. The van der Waals surface area contributed by atoms with Gasteiger partial charge in [-0.1, -0.05) is 30.3 Å². The molecule has 1 heterocycles. The molecule has 2 aromatic rings. The lowest BCUT2D eigenvalue weighted by molar-refractivity contribution is -0.120. The van der Waals surface area contributed by atoms with E-state index in [-0.39, 0.29) is 18.3 Å². The van der Waals surface area contributed by atoms with Crippen molar-refractivity contribution in [1.29, 1.82) is 0 Å². The average Bonchev–Trinajstić information content (AvgIpc) is 2.97. The molecule has 2 fully saturated rings. The molecule has 0 spiro atoms. The number of carbonyl (C=O) groups excluding carboxylic acids is 1. The van der Waals surface area contributed by atoms with Crippen molar-refractivity contribution < 1.29 is 4.79 Å². The van der Waals surface area contributed by atoms with Crippen LogP contribution in [0.1, 0.15) is 32.1 Å². The maximum atomic E-state index is 12.4. The molecule has 2 atom stereocenters. The zero-order valence-electron chi connectivity index (χ0n) is 14.0. The number of thioether (sulfide) groups is 1. The Morgan fingerprint density at radius 2 is 2.00 bits per heavy atom. The van der Waals surface area contributed by atoms with E-state index in [0.29, 0.717) is 29.7 Å². The van der Waals surface area contributed by atoms with Gasteiger partial charge in [-0.15, -0.1) is 23.7 Å². The van der Waals surface area contributed by atoms with Crippen LogP contribution in [0.15, 0.2) is 28.6 Å². The molecule has 2 saturated carbocycles. The van der Waals surface area contributed by atoms with Crippen LogP contribution in [0.3, 0.4) is 0 Å². The van der Waals surface area contributed by atoms with Crippen LogP contribution in [-0.2, 0) is 4.79 Å². The van der Waals surface area contributed by atoms with Crippen LogP contribution in [0.2, 0.25) is 0 Å². The zero-order chi connectivity index (χ0) is 16.5. The van der Waals surface area contributed by atoms with Gasteiger partial charge >= 0.3 is 0 Å². The summed E-state index contributed by atoms with van der Waals surface area (Å²) in [5.41, 5.74) is 7.18. The van der Waals surface area contributed by atoms with Crippen molar-refractivity contribution in [2.24, 2.45) is 17.6 Å². The first-order valence-corrected chi connectivity index (χ1v) is 10.5. The third-order valence-corrected chi connectivity index (χ3v) is 7.48. The fraction of sp³-hybridized carbons (Fsp3) is 0.556. The first-order valence-electron chi connectivity index (χ1n) is 8.72. The minimum atomic E-state index is 0. The van der Waals surface area contributed by atoms with Gasteiger partial charge in [0.05, 0.1) is 16.0 Å². The lowest BCUT2D eigenvalue weighted by atomic mass is 9.67. The lowest BCUT2D eigenvalue weighted by Gasteiger charge is -2.45. The summed E-state index contributed by atoms with van der Waals surface area (Å²) >= 11 is 3.20. The second-order valence-corrected chi connectivity index (χ2v) is 9.27. The fourth-order valence-electron chi connectivity index (χ4n) is 4.29. The Labute approximate surface area is 162 Å². The number of fused-ring (bicyclic) bond motifs is 3. The number of amides is 1. The minimum Gasteiger partial charge on any atom is -0.352 e. The standard InChI is InChI=1S/C18H23N3OS2.ClH/c19-13-8-11-4-3-5-12(9-13)17(11)21-16(22)10-23-18-20-14-6-1-2-7-15(14)24-18;/h1-2,6-7,11-13,17H,3-5,8-10,19H2,(H,21,22);1H. The van der Waals surface area contributed by atoms with Gasteiger partial charge in [0.2, 0.25) is 5.91 Å². The van der Waals surface area contributed by atoms with Gasteiger partial charge in [0, 0.05) is 12.1 Å². The normalized spacial score (nSPS) is 28.4. The maximum Gasteiger partial charge on any atom is 0.230 e. The van der Waals surface area contributed by atoms with Crippen LogP contribution in [0.5, 0.6) is 0 Å². The van der Waals surface area contributed by atoms with Gasteiger partial charge in [-0.3, -0.25) is 4.79 Å². The number of nitrogens with zero attached hydrogens (tertiary/aromatic N) is 1. The third-order valence-electron chi connectivity index (χ3n) is 5.31. The van der Waals surface area contributed by atoms with Gasteiger partial charge in [0.1, 0.15) is 0 Å². The van der Waals surface area contributed by atoms with Gasteiger partial charge < -0.3 is 11.1 Å². The summed E-state index contributed by atoms with van der Waals surface area (Å²) in [6.45, 7) is 0. The second kappa shape index (κ2) is 8.25. The predicted molar refractivity (Wildman–Crippen MR) is 108 cm³/mol. The molecular weight excluding hydrogens is 374 g/mol. The van der Waals surface area contributed by atoms with Crippen LogP contribution in [-0.4, -0.2) is 28.7 Å². The maximum absolute atomic E-state index is 12.4. The van der Waals surface area contributed by atoms with E-state index in [0.717, 1.165) is 22.7 Å². The van der Waals surface area contributed by atoms with E-state index in [4.69, 9.17) is 5.73 Å². The molecule has 7 heteroatoms. The van der Waals surface area contributed by atoms with Crippen LogP contribution < -0.4 is 11.1 Å². The van der Waals surface area contributed by atoms with E-state index in [1.807, 2.05) is 18.2 Å². The Bertz CT molecular complexity index is 691. The smallest absolute Gasteiger partial charge is 0.230 e. The fourth-order valence-corrected chi connectivity index (χ4v) is 6.17. The summed E-state index contributed by atoms with van der Waals surface area (Å²) in [6.07, 6.45) is 5.83. The summed E-state index contributed by atoms with van der Waals surface area (Å²) in [5.74, 6) is 1.73.